The summed E-state index contributed by atoms with van der Waals surface area (Å²) < 4.78 is 11.2. The molecular weight excluding hydrogens is 405 g/mol. The summed E-state index contributed by atoms with van der Waals surface area (Å²) in [4.78, 5) is 16.1. The molecule has 0 aliphatic carbocycles. The molecule has 146 valence electrons. The number of terminal acetylenes is 1. The van der Waals surface area contributed by atoms with E-state index in [2.05, 4.69) is 15.9 Å². The number of hydrogen-bond acceptors (Lipinski definition) is 5. The molecule has 2 rings (SSSR count). The van der Waals surface area contributed by atoms with E-state index in [0.29, 0.717) is 16.9 Å². The highest BCUT2D eigenvalue weighted by Gasteiger charge is 2.18. The zero-order valence-corrected chi connectivity index (χ0v) is 16.6. The summed E-state index contributed by atoms with van der Waals surface area (Å²) >= 11 is 12.4. The van der Waals surface area contributed by atoms with E-state index >= 15 is 0 Å². The summed E-state index contributed by atoms with van der Waals surface area (Å²) in [6, 6.07) is 9.86. The van der Waals surface area contributed by atoms with E-state index in [1.807, 2.05) is 0 Å². The molecule has 0 fully saturated rings. The van der Waals surface area contributed by atoms with Crippen LogP contribution in [0.15, 0.2) is 41.6 Å². The van der Waals surface area contributed by atoms with E-state index in [1.165, 1.54) is 19.2 Å². The van der Waals surface area contributed by atoms with Crippen molar-refractivity contribution in [1.29, 1.82) is 0 Å². The van der Waals surface area contributed by atoms with Crippen LogP contribution in [-0.2, 0) is 16.2 Å². The van der Waals surface area contributed by atoms with Gasteiger partial charge >= 0.3 is 5.97 Å². The van der Waals surface area contributed by atoms with Crippen molar-refractivity contribution in [2.75, 3.05) is 7.11 Å². The number of ether oxygens (including phenoxy) is 2. The Labute approximate surface area is 172 Å². The molecule has 2 aromatic rings. The van der Waals surface area contributed by atoms with Gasteiger partial charge in [0.15, 0.2) is 17.6 Å². The molecule has 0 aromatic heterocycles. The number of rotatable bonds is 8. The van der Waals surface area contributed by atoms with Gasteiger partial charge in [-0.3, -0.25) is 0 Å². The Balaban J connectivity index is 2.25. The number of carboxylic acid groups (broad SMARTS) is 1. The first kappa shape index (κ1) is 21.4. The summed E-state index contributed by atoms with van der Waals surface area (Å²) in [5.74, 6) is 1.85. The average molecular weight is 422 g/mol. The number of carboxylic acids is 1. The van der Waals surface area contributed by atoms with Gasteiger partial charge in [0.25, 0.3) is 0 Å². The van der Waals surface area contributed by atoms with Gasteiger partial charge in [-0.15, -0.1) is 6.42 Å². The normalized spacial score (nSPS) is 12.0. The largest absolute Gasteiger partial charge is 0.489 e. The molecule has 0 heterocycles. The lowest BCUT2D eigenvalue weighted by atomic mass is 10.0. The minimum Gasteiger partial charge on any atom is -0.489 e. The molecule has 2 aromatic carbocycles. The van der Waals surface area contributed by atoms with Gasteiger partial charge in [-0.1, -0.05) is 58.5 Å². The molecule has 0 saturated carbocycles. The average Bonchev–Trinajstić information content (AvgIpc) is 2.67. The smallest absolute Gasteiger partial charge is 0.358 e. The van der Waals surface area contributed by atoms with Gasteiger partial charge in [0.05, 0.1) is 10.0 Å². The van der Waals surface area contributed by atoms with Crippen LogP contribution in [0.4, 0.5) is 0 Å². The maximum absolute atomic E-state index is 11.4. The first-order valence-corrected chi connectivity index (χ1v) is 8.80. The van der Waals surface area contributed by atoms with Gasteiger partial charge in [-0.25, -0.2) is 4.79 Å². The fourth-order valence-electron chi connectivity index (χ4n) is 2.28. The first-order chi connectivity index (χ1) is 13.4. The van der Waals surface area contributed by atoms with Gasteiger partial charge < -0.3 is 19.4 Å². The maximum atomic E-state index is 11.4. The zero-order chi connectivity index (χ0) is 20.7. The molecule has 6 nitrogen and oxygen atoms in total. The van der Waals surface area contributed by atoms with E-state index in [4.69, 9.17) is 39.1 Å². The van der Waals surface area contributed by atoms with Crippen molar-refractivity contribution < 1.29 is 24.2 Å². The van der Waals surface area contributed by atoms with Crippen molar-refractivity contribution >= 4 is 34.9 Å². The van der Waals surface area contributed by atoms with Crippen molar-refractivity contribution in [2.24, 2.45) is 5.16 Å². The Kier molecular flexibility index (Phi) is 7.56. The number of hydrogen-bond donors (Lipinski definition) is 1. The van der Waals surface area contributed by atoms with Crippen LogP contribution < -0.4 is 9.47 Å². The summed E-state index contributed by atoms with van der Waals surface area (Å²) in [6.45, 7) is 1.75. The molecule has 28 heavy (non-hydrogen) atoms. The molecule has 1 N–H and O–H groups in total. The second-order valence-electron chi connectivity index (χ2n) is 5.52. The van der Waals surface area contributed by atoms with E-state index < -0.39 is 12.1 Å². The van der Waals surface area contributed by atoms with E-state index in [9.17, 15) is 9.90 Å². The van der Waals surface area contributed by atoms with Crippen molar-refractivity contribution in [1.82, 2.24) is 0 Å². The second-order valence-corrected chi connectivity index (χ2v) is 6.33. The third-order valence-electron chi connectivity index (χ3n) is 3.55. The number of oxime groups is 1. The Bertz CT molecular complexity index is 913. The molecule has 0 aliphatic rings. The number of aliphatic carboxylic acids is 1. The van der Waals surface area contributed by atoms with Crippen molar-refractivity contribution in [3.63, 3.8) is 0 Å². The summed E-state index contributed by atoms with van der Waals surface area (Å²) in [5.41, 5.74) is 0.732. The summed E-state index contributed by atoms with van der Waals surface area (Å²) in [5, 5.41) is 13.4. The van der Waals surface area contributed by atoms with Crippen LogP contribution in [0, 0.1) is 12.3 Å². The SMILES string of the molecule is C#CC(C)Oc1c(Cl)cc(OCc2ccccc2C(=NOC)C(=O)O)cc1Cl. The number of nitrogens with zero attached hydrogens (tertiary/aromatic N) is 1. The van der Waals surface area contributed by atoms with Crippen LogP contribution >= 0.6 is 23.2 Å². The van der Waals surface area contributed by atoms with Crippen LogP contribution in [-0.4, -0.2) is 30.0 Å². The van der Waals surface area contributed by atoms with E-state index in [0.717, 1.165) is 0 Å². The van der Waals surface area contributed by atoms with Crippen LogP contribution in [0.2, 0.25) is 10.0 Å². The summed E-state index contributed by atoms with van der Waals surface area (Å²) in [6.07, 6.45) is 4.80. The molecule has 0 saturated heterocycles. The van der Waals surface area contributed by atoms with Crippen LogP contribution in [0.3, 0.4) is 0 Å². The Hall–Kier alpha value is -2.88. The lowest BCUT2D eigenvalue weighted by Gasteiger charge is -2.15. The summed E-state index contributed by atoms with van der Waals surface area (Å²) in [7, 11) is 1.27. The molecule has 0 amide bonds. The first-order valence-electron chi connectivity index (χ1n) is 8.04. The van der Waals surface area contributed by atoms with Gasteiger partial charge in [0, 0.05) is 17.7 Å². The van der Waals surface area contributed by atoms with Crippen LogP contribution in [0.1, 0.15) is 18.1 Å². The van der Waals surface area contributed by atoms with Crippen molar-refractivity contribution in [3.8, 4) is 23.8 Å². The topological polar surface area (TPSA) is 77.3 Å². The number of benzene rings is 2. The second kappa shape index (κ2) is 9.88. The molecular formula is C20H17Cl2NO5. The fraction of sp³-hybridized carbons (Fsp3) is 0.200. The minimum absolute atomic E-state index is 0.0554. The lowest BCUT2D eigenvalue weighted by Crippen LogP contribution is -2.17. The molecule has 0 bridgehead atoms. The third kappa shape index (κ3) is 5.32. The Morgan fingerprint density at radius 3 is 2.50 bits per heavy atom. The van der Waals surface area contributed by atoms with E-state index in [-0.39, 0.29) is 28.1 Å². The minimum atomic E-state index is -1.22. The molecule has 8 heteroatoms. The third-order valence-corrected chi connectivity index (χ3v) is 4.11. The van der Waals surface area contributed by atoms with Gasteiger partial charge in [0.1, 0.15) is 19.5 Å². The highest BCUT2D eigenvalue weighted by molar-refractivity contribution is 6.42. The van der Waals surface area contributed by atoms with Crippen LogP contribution in [0.25, 0.3) is 0 Å². The van der Waals surface area contributed by atoms with Gasteiger partial charge in [0.2, 0.25) is 0 Å². The van der Waals surface area contributed by atoms with Gasteiger partial charge in [-0.05, 0) is 12.5 Å². The van der Waals surface area contributed by atoms with E-state index in [1.54, 1.807) is 31.2 Å². The quantitative estimate of drug-likeness (QED) is 0.388. The molecule has 0 aliphatic heterocycles. The monoisotopic (exact) mass is 421 g/mol. The highest BCUT2D eigenvalue weighted by Crippen LogP contribution is 2.37. The fourth-order valence-corrected chi connectivity index (χ4v) is 2.83. The Morgan fingerprint density at radius 1 is 1.29 bits per heavy atom. The predicted molar refractivity (Wildman–Crippen MR) is 107 cm³/mol. The molecule has 0 spiro atoms. The number of carbonyl (C=O) groups is 1. The van der Waals surface area contributed by atoms with Gasteiger partial charge in [-0.2, -0.15) is 0 Å². The Morgan fingerprint density at radius 2 is 1.93 bits per heavy atom. The zero-order valence-electron chi connectivity index (χ0n) is 15.1. The number of halogens is 2. The predicted octanol–water partition coefficient (Wildman–Crippen LogP) is 4.41. The maximum Gasteiger partial charge on any atom is 0.358 e. The molecule has 1 unspecified atom stereocenters. The molecule has 0 radical (unpaired) electrons. The lowest BCUT2D eigenvalue weighted by molar-refractivity contribution is -0.129. The highest BCUT2D eigenvalue weighted by atomic mass is 35.5. The van der Waals surface area contributed by atoms with Crippen molar-refractivity contribution in [2.45, 2.75) is 19.6 Å². The van der Waals surface area contributed by atoms with Crippen molar-refractivity contribution in [3.05, 3.63) is 57.6 Å². The molecule has 1 atom stereocenters. The standard InChI is InChI=1S/C20H17Cl2NO5/c1-4-12(2)28-19-16(21)9-14(10-17(19)22)27-11-13-7-5-6-8-15(13)18(20(24)25)23-26-3/h1,5-10,12H,11H2,2-3H3,(H,24,25). The van der Waals surface area contributed by atoms with Crippen LogP contribution in [0.5, 0.6) is 11.5 Å².